The molecule has 1 atom stereocenters. The maximum absolute atomic E-state index is 3.58. The van der Waals surface area contributed by atoms with Gasteiger partial charge in [-0.3, -0.25) is 4.90 Å². The quantitative estimate of drug-likeness (QED) is 0.886. The summed E-state index contributed by atoms with van der Waals surface area (Å²) in [6.45, 7) is 11.3. The topological polar surface area (TPSA) is 15.3 Å². The van der Waals surface area contributed by atoms with E-state index in [-0.39, 0.29) is 0 Å². The number of nitrogens with one attached hydrogen (secondary N) is 1. The minimum atomic E-state index is 0.705. The first-order valence-corrected chi connectivity index (χ1v) is 7.52. The minimum Gasteiger partial charge on any atom is -0.313 e. The van der Waals surface area contributed by atoms with Gasteiger partial charge in [0.15, 0.2) is 0 Å². The van der Waals surface area contributed by atoms with E-state index in [9.17, 15) is 0 Å². The van der Waals surface area contributed by atoms with Gasteiger partial charge >= 0.3 is 0 Å². The fourth-order valence-electron chi connectivity index (χ4n) is 2.60. The third-order valence-electron chi connectivity index (χ3n) is 3.59. The molecule has 0 bridgehead atoms. The molecule has 1 aromatic heterocycles. The summed E-state index contributed by atoms with van der Waals surface area (Å²) in [6, 6.07) is 3.06. The second-order valence-electron chi connectivity index (χ2n) is 5.08. The number of likely N-dealkylation sites (N-methyl/N-ethyl adjacent to an activating group) is 1. The van der Waals surface area contributed by atoms with Gasteiger partial charge in [-0.2, -0.15) is 0 Å². The Morgan fingerprint density at radius 3 is 2.94 bits per heavy atom. The summed E-state index contributed by atoms with van der Waals surface area (Å²) in [5, 5.41) is 3.58. The Bertz CT molecular complexity index is 338. The van der Waals surface area contributed by atoms with Crippen molar-refractivity contribution in [3.8, 4) is 0 Å². The second kappa shape index (κ2) is 5.98. The summed E-state index contributed by atoms with van der Waals surface area (Å²) in [5.74, 6) is 0. The molecule has 1 aliphatic rings. The largest absolute Gasteiger partial charge is 0.313 e. The standard InChI is InChI=1S/C14H24N2S/c1-4-15-13-6-5-7-16(9-13)10-14-8-11(2)12(3)17-14/h8,13,15H,4-7,9-10H2,1-3H3. The highest BCUT2D eigenvalue weighted by Crippen LogP contribution is 2.23. The SMILES string of the molecule is CCNC1CCCN(Cc2cc(C)c(C)s2)C1. The van der Waals surface area contributed by atoms with E-state index in [4.69, 9.17) is 0 Å². The summed E-state index contributed by atoms with van der Waals surface area (Å²) >= 11 is 1.96. The van der Waals surface area contributed by atoms with Crippen LogP contribution in [-0.4, -0.2) is 30.6 Å². The summed E-state index contributed by atoms with van der Waals surface area (Å²) in [4.78, 5) is 5.60. The van der Waals surface area contributed by atoms with Crippen molar-refractivity contribution in [1.29, 1.82) is 0 Å². The van der Waals surface area contributed by atoms with Gasteiger partial charge in [0.2, 0.25) is 0 Å². The zero-order valence-electron chi connectivity index (χ0n) is 11.3. The number of hydrogen-bond acceptors (Lipinski definition) is 3. The summed E-state index contributed by atoms with van der Waals surface area (Å²) in [7, 11) is 0. The summed E-state index contributed by atoms with van der Waals surface area (Å²) in [5.41, 5.74) is 1.45. The van der Waals surface area contributed by atoms with Gasteiger partial charge in [0.05, 0.1) is 0 Å². The molecule has 1 aromatic rings. The Balaban J connectivity index is 1.90. The maximum atomic E-state index is 3.58. The van der Waals surface area contributed by atoms with Crippen LogP contribution in [0.5, 0.6) is 0 Å². The van der Waals surface area contributed by atoms with Crippen LogP contribution < -0.4 is 5.32 Å². The minimum absolute atomic E-state index is 0.705. The van der Waals surface area contributed by atoms with Crippen LogP contribution in [0.1, 0.15) is 35.1 Å². The van der Waals surface area contributed by atoms with Crippen LogP contribution >= 0.6 is 11.3 Å². The number of hydrogen-bond donors (Lipinski definition) is 1. The van der Waals surface area contributed by atoms with Gasteiger partial charge in [0, 0.05) is 28.9 Å². The lowest BCUT2D eigenvalue weighted by atomic mass is 10.1. The fraction of sp³-hybridized carbons (Fsp3) is 0.714. The molecule has 2 rings (SSSR count). The van der Waals surface area contributed by atoms with Crippen molar-refractivity contribution >= 4 is 11.3 Å². The van der Waals surface area contributed by atoms with E-state index in [2.05, 4.69) is 37.1 Å². The predicted molar refractivity (Wildman–Crippen MR) is 75.8 cm³/mol. The molecule has 2 nitrogen and oxygen atoms in total. The molecular formula is C14H24N2S. The van der Waals surface area contributed by atoms with Gasteiger partial charge in [-0.25, -0.2) is 0 Å². The lowest BCUT2D eigenvalue weighted by molar-refractivity contribution is 0.186. The van der Waals surface area contributed by atoms with Crippen molar-refractivity contribution in [2.45, 2.75) is 46.2 Å². The van der Waals surface area contributed by atoms with Crippen molar-refractivity contribution in [1.82, 2.24) is 10.2 Å². The zero-order valence-corrected chi connectivity index (χ0v) is 12.1. The molecule has 0 aliphatic carbocycles. The normalized spacial score (nSPS) is 21.9. The first-order valence-electron chi connectivity index (χ1n) is 6.70. The van der Waals surface area contributed by atoms with Crippen LogP contribution in [0.15, 0.2) is 6.07 Å². The molecule has 1 unspecified atom stereocenters. The third kappa shape index (κ3) is 3.54. The molecule has 0 spiro atoms. The van der Waals surface area contributed by atoms with E-state index in [1.165, 1.54) is 41.2 Å². The highest BCUT2D eigenvalue weighted by Gasteiger charge is 2.19. The lowest BCUT2D eigenvalue weighted by Crippen LogP contribution is -2.45. The van der Waals surface area contributed by atoms with E-state index < -0.39 is 0 Å². The average molecular weight is 252 g/mol. The van der Waals surface area contributed by atoms with E-state index >= 15 is 0 Å². The Labute approximate surface area is 109 Å². The fourth-order valence-corrected chi connectivity index (χ4v) is 3.70. The molecule has 1 N–H and O–H groups in total. The molecule has 1 saturated heterocycles. The van der Waals surface area contributed by atoms with E-state index in [0.717, 1.165) is 13.1 Å². The van der Waals surface area contributed by atoms with Crippen LogP contribution in [0.25, 0.3) is 0 Å². The van der Waals surface area contributed by atoms with Crippen LogP contribution in [0.4, 0.5) is 0 Å². The number of thiophene rings is 1. The highest BCUT2D eigenvalue weighted by atomic mass is 32.1. The molecule has 3 heteroatoms. The summed E-state index contributed by atoms with van der Waals surface area (Å²) < 4.78 is 0. The molecular weight excluding hydrogens is 228 g/mol. The third-order valence-corrected chi connectivity index (χ3v) is 4.73. The lowest BCUT2D eigenvalue weighted by Gasteiger charge is -2.32. The Morgan fingerprint density at radius 2 is 2.29 bits per heavy atom. The van der Waals surface area contributed by atoms with Crippen molar-refractivity contribution in [2.24, 2.45) is 0 Å². The van der Waals surface area contributed by atoms with Gasteiger partial charge in [0.25, 0.3) is 0 Å². The second-order valence-corrected chi connectivity index (χ2v) is 6.42. The van der Waals surface area contributed by atoms with E-state index in [0.29, 0.717) is 6.04 Å². The molecule has 0 amide bonds. The van der Waals surface area contributed by atoms with Crippen LogP contribution in [-0.2, 0) is 6.54 Å². The van der Waals surface area contributed by atoms with Crippen LogP contribution in [0, 0.1) is 13.8 Å². The number of rotatable bonds is 4. The number of piperidine rings is 1. The predicted octanol–water partition coefficient (Wildman–Crippen LogP) is 2.94. The smallest absolute Gasteiger partial charge is 0.0328 e. The molecule has 1 fully saturated rings. The Kier molecular flexibility index (Phi) is 4.60. The van der Waals surface area contributed by atoms with Crippen molar-refractivity contribution in [2.75, 3.05) is 19.6 Å². The summed E-state index contributed by atoms with van der Waals surface area (Å²) in [6.07, 6.45) is 2.67. The maximum Gasteiger partial charge on any atom is 0.0328 e. The van der Waals surface area contributed by atoms with Gasteiger partial charge in [-0.05, 0) is 51.4 Å². The molecule has 0 saturated carbocycles. The number of likely N-dealkylation sites (tertiary alicyclic amines) is 1. The molecule has 17 heavy (non-hydrogen) atoms. The van der Waals surface area contributed by atoms with Crippen molar-refractivity contribution in [3.63, 3.8) is 0 Å². The zero-order chi connectivity index (χ0) is 12.3. The van der Waals surface area contributed by atoms with Gasteiger partial charge in [-0.15, -0.1) is 11.3 Å². The first-order chi connectivity index (χ1) is 8.19. The van der Waals surface area contributed by atoms with Crippen LogP contribution in [0.3, 0.4) is 0 Å². The molecule has 96 valence electrons. The molecule has 2 heterocycles. The number of aryl methyl sites for hydroxylation is 2. The van der Waals surface area contributed by atoms with Gasteiger partial charge in [0.1, 0.15) is 0 Å². The van der Waals surface area contributed by atoms with E-state index in [1.807, 2.05) is 11.3 Å². The van der Waals surface area contributed by atoms with Crippen molar-refractivity contribution < 1.29 is 0 Å². The van der Waals surface area contributed by atoms with Crippen molar-refractivity contribution in [3.05, 3.63) is 21.4 Å². The first kappa shape index (κ1) is 13.1. The average Bonchev–Trinajstić information content (AvgIpc) is 2.59. The number of nitrogens with zero attached hydrogens (tertiary/aromatic N) is 1. The Morgan fingerprint density at radius 1 is 1.47 bits per heavy atom. The Hall–Kier alpha value is -0.380. The van der Waals surface area contributed by atoms with Gasteiger partial charge < -0.3 is 5.32 Å². The molecule has 0 radical (unpaired) electrons. The molecule has 0 aromatic carbocycles. The van der Waals surface area contributed by atoms with E-state index in [1.54, 1.807) is 0 Å². The molecule has 1 aliphatic heterocycles. The van der Waals surface area contributed by atoms with Gasteiger partial charge in [-0.1, -0.05) is 6.92 Å². The van der Waals surface area contributed by atoms with Crippen LogP contribution in [0.2, 0.25) is 0 Å². The monoisotopic (exact) mass is 252 g/mol. The highest BCUT2D eigenvalue weighted by molar-refractivity contribution is 7.12.